The van der Waals surface area contributed by atoms with Gasteiger partial charge in [-0.15, -0.1) is 0 Å². The summed E-state index contributed by atoms with van der Waals surface area (Å²) >= 11 is 0. The molecule has 0 radical (unpaired) electrons. The SMILES string of the molecule is CCCn1c(=Nc2ncc([N+](=O)[O-])cn2)n(CC)c2ccccc21. The van der Waals surface area contributed by atoms with Crippen LogP contribution in [0.4, 0.5) is 11.6 Å². The van der Waals surface area contributed by atoms with E-state index in [1.54, 1.807) is 0 Å². The molecule has 1 aromatic carbocycles. The van der Waals surface area contributed by atoms with Crippen LogP contribution in [0.5, 0.6) is 0 Å². The number of rotatable bonds is 5. The third kappa shape index (κ3) is 2.78. The number of imidazole rings is 1. The molecule has 0 aliphatic heterocycles. The van der Waals surface area contributed by atoms with Gasteiger partial charge in [-0.3, -0.25) is 10.1 Å². The summed E-state index contributed by atoms with van der Waals surface area (Å²) in [4.78, 5) is 22.7. The number of benzene rings is 1. The topological polar surface area (TPSA) is 91.1 Å². The molecule has 2 aromatic heterocycles. The molecule has 24 heavy (non-hydrogen) atoms. The highest BCUT2D eigenvalue weighted by atomic mass is 16.6. The van der Waals surface area contributed by atoms with Crippen LogP contribution >= 0.6 is 0 Å². The Bertz CT molecular complexity index is 939. The summed E-state index contributed by atoms with van der Waals surface area (Å²) in [6.45, 7) is 5.73. The quantitative estimate of drug-likeness (QED) is 0.532. The van der Waals surface area contributed by atoms with Gasteiger partial charge in [-0.1, -0.05) is 19.1 Å². The van der Waals surface area contributed by atoms with Gasteiger partial charge < -0.3 is 9.13 Å². The third-order valence-electron chi connectivity index (χ3n) is 3.75. The second-order valence-corrected chi connectivity index (χ2v) is 5.29. The molecule has 8 nitrogen and oxygen atoms in total. The molecule has 0 aliphatic carbocycles. The first kappa shape index (κ1) is 15.9. The summed E-state index contributed by atoms with van der Waals surface area (Å²) in [5, 5.41) is 10.7. The Labute approximate surface area is 138 Å². The van der Waals surface area contributed by atoms with Gasteiger partial charge in [0, 0.05) is 13.1 Å². The largest absolute Gasteiger partial charge is 0.310 e. The molecule has 124 valence electrons. The van der Waals surface area contributed by atoms with Gasteiger partial charge in [0.1, 0.15) is 12.4 Å². The molecule has 0 N–H and O–H groups in total. The molecular weight excluding hydrogens is 308 g/mol. The van der Waals surface area contributed by atoms with Crippen molar-refractivity contribution in [3.05, 3.63) is 52.4 Å². The number of aryl methyl sites for hydroxylation is 2. The number of hydrogen-bond donors (Lipinski definition) is 0. The van der Waals surface area contributed by atoms with Crippen LogP contribution in [0.2, 0.25) is 0 Å². The van der Waals surface area contributed by atoms with Crippen LogP contribution in [-0.4, -0.2) is 24.0 Å². The minimum Gasteiger partial charge on any atom is -0.310 e. The van der Waals surface area contributed by atoms with Gasteiger partial charge in [0.15, 0.2) is 0 Å². The van der Waals surface area contributed by atoms with Gasteiger partial charge in [-0.2, -0.15) is 4.99 Å². The van der Waals surface area contributed by atoms with Gasteiger partial charge in [-0.05, 0) is 25.5 Å². The van der Waals surface area contributed by atoms with Crippen molar-refractivity contribution in [2.75, 3.05) is 0 Å². The van der Waals surface area contributed by atoms with E-state index in [0.717, 1.165) is 36.2 Å². The zero-order valence-electron chi connectivity index (χ0n) is 13.6. The Morgan fingerprint density at radius 3 is 2.29 bits per heavy atom. The lowest BCUT2D eigenvalue weighted by Gasteiger charge is -2.02. The van der Waals surface area contributed by atoms with Crippen molar-refractivity contribution in [3.63, 3.8) is 0 Å². The number of nitro groups is 1. The zero-order chi connectivity index (χ0) is 17.1. The standard InChI is InChI=1S/C16H18N6O2/c1-3-9-21-14-8-6-5-7-13(14)20(4-2)16(21)19-15-17-10-12(11-18-15)22(23)24/h5-8,10-11H,3-4,9H2,1-2H3. The molecule has 0 bridgehead atoms. The number of hydrogen-bond acceptors (Lipinski definition) is 5. The van der Waals surface area contributed by atoms with Gasteiger partial charge in [0.2, 0.25) is 5.62 Å². The van der Waals surface area contributed by atoms with Crippen LogP contribution in [0.15, 0.2) is 41.7 Å². The summed E-state index contributed by atoms with van der Waals surface area (Å²) in [6, 6.07) is 8.12. The minimum absolute atomic E-state index is 0.147. The van der Waals surface area contributed by atoms with Crippen molar-refractivity contribution in [2.45, 2.75) is 33.4 Å². The third-order valence-corrected chi connectivity index (χ3v) is 3.75. The fourth-order valence-electron chi connectivity index (χ4n) is 2.71. The first-order valence-corrected chi connectivity index (χ1v) is 7.85. The zero-order valence-corrected chi connectivity index (χ0v) is 13.6. The summed E-state index contributed by atoms with van der Waals surface area (Å²) < 4.78 is 4.22. The maximum atomic E-state index is 10.7. The lowest BCUT2D eigenvalue weighted by atomic mass is 10.3. The molecule has 0 spiro atoms. The van der Waals surface area contributed by atoms with Crippen LogP contribution in [0.3, 0.4) is 0 Å². The molecule has 2 heterocycles. The second kappa shape index (κ2) is 6.61. The van der Waals surface area contributed by atoms with Crippen molar-refractivity contribution in [3.8, 4) is 0 Å². The van der Waals surface area contributed by atoms with Crippen molar-refractivity contribution in [1.29, 1.82) is 0 Å². The molecule has 3 aromatic rings. The van der Waals surface area contributed by atoms with E-state index in [4.69, 9.17) is 0 Å². The molecule has 0 atom stereocenters. The first-order valence-electron chi connectivity index (χ1n) is 7.85. The summed E-state index contributed by atoms with van der Waals surface area (Å²) in [5.41, 5.74) is 2.79. The molecule has 0 aliphatic rings. The molecular formula is C16H18N6O2. The maximum Gasteiger partial charge on any atom is 0.305 e. The van der Waals surface area contributed by atoms with E-state index < -0.39 is 4.92 Å². The maximum absolute atomic E-state index is 10.7. The number of fused-ring (bicyclic) bond motifs is 1. The van der Waals surface area contributed by atoms with E-state index >= 15 is 0 Å². The van der Waals surface area contributed by atoms with Crippen LogP contribution < -0.4 is 5.62 Å². The molecule has 0 unspecified atom stereocenters. The highest BCUT2D eigenvalue weighted by Gasteiger charge is 2.11. The Kier molecular flexibility index (Phi) is 4.37. The van der Waals surface area contributed by atoms with E-state index in [0.29, 0.717) is 0 Å². The molecule has 0 amide bonds. The Hall–Kier alpha value is -3.03. The normalized spacial score (nSPS) is 12.0. The predicted molar refractivity (Wildman–Crippen MR) is 89.8 cm³/mol. The minimum atomic E-state index is -0.524. The van der Waals surface area contributed by atoms with E-state index in [9.17, 15) is 10.1 Å². The Morgan fingerprint density at radius 1 is 1.12 bits per heavy atom. The molecule has 0 fully saturated rings. The molecule has 8 heteroatoms. The number of para-hydroxylation sites is 2. The summed E-state index contributed by atoms with van der Waals surface area (Å²) in [7, 11) is 0. The molecule has 0 saturated heterocycles. The van der Waals surface area contributed by atoms with Crippen molar-refractivity contribution in [2.24, 2.45) is 4.99 Å². The second-order valence-electron chi connectivity index (χ2n) is 5.29. The van der Waals surface area contributed by atoms with Crippen LogP contribution in [0.1, 0.15) is 20.3 Å². The Balaban J connectivity index is 2.23. The van der Waals surface area contributed by atoms with Gasteiger partial charge in [-0.25, -0.2) is 9.97 Å². The summed E-state index contributed by atoms with van der Waals surface area (Å²) in [5.74, 6) is 0.211. The van der Waals surface area contributed by atoms with Crippen molar-refractivity contribution in [1.82, 2.24) is 19.1 Å². The van der Waals surface area contributed by atoms with Gasteiger partial charge in [0.05, 0.1) is 16.0 Å². The molecule has 0 saturated carbocycles. The van der Waals surface area contributed by atoms with Crippen LogP contribution in [0, 0.1) is 10.1 Å². The molecule has 3 rings (SSSR count). The highest BCUT2D eigenvalue weighted by Crippen LogP contribution is 2.15. The van der Waals surface area contributed by atoms with Gasteiger partial charge >= 0.3 is 5.69 Å². The number of nitrogens with zero attached hydrogens (tertiary/aromatic N) is 6. The average molecular weight is 326 g/mol. The van der Waals surface area contributed by atoms with E-state index in [2.05, 4.69) is 50.1 Å². The Morgan fingerprint density at radius 2 is 1.75 bits per heavy atom. The average Bonchev–Trinajstić information content (AvgIpc) is 2.89. The fourth-order valence-corrected chi connectivity index (χ4v) is 2.71. The number of aromatic nitrogens is 4. The van der Waals surface area contributed by atoms with E-state index in [-0.39, 0.29) is 11.6 Å². The first-order chi connectivity index (χ1) is 11.7. The van der Waals surface area contributed by atoms with E-state index in [1.165, 1.54) is 12.4 Å². The van der Waals surface area contributed by atoms with E-state index in [1.807, 2.05) is 12.1 Å². The lowest BCUT2D eigenvalue weighted by Crippen LogP contribution is -2.25. The van der Waals surface area contributed by atoms with Gasteiger partial charge in [0.25, 0.3) is 5.95 Å². The fraction of sp³-hybridized carbons (Fsp3) is 0.312. The highest BCUT2D eigenvalue weighted by molar-refractivity contribution is 5.75. The monoisotopic (exact) mass is 326 g/mol. The summed E-state index contributed by atoms with van der Waals surface area (Å²) in [6.07, 6.45) is 3.32. The smallest absolute Gasteiger partial charge is 0.305 e. The predicted octanol–water partition coefficient (Wildman–Crippen LogP) is 2.80. The van der Waals surface area contributed by atoms with Crippen LogP contribution in [0.25, 0.3) is 11.0 Å². The van der Waals surface area contributed by atoms with Crippen molar-refractivity contribution >= 4 is 22.7 Å². The van der Waals surface area contributed by atoms with Crippen molar-refractivity contribution < 1.29 is 4.92 Å². The lowest BCUT2D eigenvalue weighted by molar-refractivity contribution is -0.385. The van der Waals surface area contributed by atoms with Crippen LogP contribution in [-0.2, 0) is 13.1 Å².